The third kappa shape index (κ3) is 5.14. The van der Waals surface area contributed by atoms with Crippen molar-refractivity contribution >= 4 is 50.5 Å². The van der Waals surface area contributed by atoms with Crippen LogP contribution in [0.25, 0.3) is 11.4 Å². The average molecular weight is 575 g/mol. The molecule has 186 valence electrons. The molecule has 2 heterocycles. The van der Waals surface area contributed by atoms with Gasteiger partial charge in [-0.15, -0.1) is 5.10 Å². The minimum Gasteiger partial charge on any atom is -0.393 e. The number of nitrogens with one attached hydrogen (secondary N) is 1. The van der Waals surface area contributed by atoms with Crippen LogP contribution < -0.4 is 10.9 Å². The second-order valence-electron chi connectivity index (χ2n) is 8.05. The molecule has 2 aromatic heterocycles. The molecule has 13 heteroatoms. The number of halogens is 5. The Balaban J connectivity index is 1.69. The third-order valence-electron chi connectivity index (χ3n) is 5.67. The number of allylic oxidation sites excluding steroid dienone is 1. The van der Waals surface area contributed by atoms with Gasteiger partial charge >= 0.3 is 6.18 Å². The summed E-state index contributed by atoms with van der Waals surface area (Å²) in [6.07, 6.45) is -1.24. The predicted molar refractivity (Wildman–Crippen MR) is 127 cm³/mol. The maximum atomic E-state index is 12.9. The number of alkyl halides is 3. The maximum Gasteiger partial charge on any atom is 0.416 e. The lowest BCUT2D eigenvalue weighted by molar-refractivity contribution is -0.137. The number of hydrogen-bond acceptors (Lipinski definition) is 5. The molecule has 1 aliphatic rings. The third-order valence-corrected chi connectivity index (χ3v) is 6.78. The fraction of sp³-hybridized carbons (Fsp3) is 0.364. The van der Waals surface area contributed by atoms with Gasteiger partial charge in [-0.05, 0) is 65.4 Å². The van der Waals surface area contributed by atoms with Crippen LogP contribution in [0, 0.1) is 0 Å². The summed E-state index contributed by atoms with van der Waals surface area (Å²) in [6.45, 7) is 1.51. The molecule has 0 bridgehead atoms. The monoisotopic (exact) mass is 573 g/mol. The molecule has 0 saturated heterocycles. The predicted octanol–water partition coefficient (Wildman–Crippen LogP) is 4.46. The second kappa shape index (κ2) is 9.75. The molecule has 1 unspecified atom stereocenters. The summed E-state index contributed by atoms with van der Waals surface area (Å²) in [5, 5.41) is 16.3. The van der Waals surface area contributed by atoms with Gasteiger partial charge in [0.25, 0.3) is 5.56 Å². The van der Waals surface area contributed by atoms with Gasteiger partial charge in [-0.25, -0.2) is 0 Å². The number of aliphatic hydroxyl groups is 1. The van der Waals surface area contributed by atoms with Crippen LogP contribution in [0.15, 0.2) is 33.5 Å². The Kier molecular flexibility index (Phi) is 7.07. The molecule has 0 aliphatic heterocycles. The standard InChI is InChI=1S/C22H20BrClF3N5O3/c1-2-16-18(23)20(35)32-21(29-19(30-32)11-3-6-13(33)7-4-11)31(16)10-17(34)28-15-8-5-12(9-14(15)24)22(25,26)27/h3,5,8-9,13,33H,2,4,6-7,10H2,1H3,(H,28,34). The molecular formula is C22H20BrClF3N5O3. The molecule has 1 aromatic carbocycles. The fourth-order valence-corrected chi connectivity index (χ4v) is 4.76. The molecule has 1 aliphatic carbocycles. The minimum absolute atomic E-state index is 0.0203. The number of carbonyl (C=O) groups excluding carboxylic acids is 1. The molecule has 1 atom stereocenters. The first-order valence-corrected chi connectivity index (χ1v) is 11.9. The van der Waals surface area contributed by atoms with Gasteiger partial charge in [-0.3, -0.25) is 9.59 Å². The SMILES string of the molecule is CCc1c(Br)c(=O)n2nc(C3=CCC(O)CC3)nc2n1CC(=O)Nc1ccc(C(F)(F)F)cc1Cl. The number of amides is 1. The van der Waals surface area contributed by atoms with Gasteiger partial charge in [0.05, 0.1) is 22.4 Å². The minimum atomic E-state index is -4.56. The summed E-state index contributed by atoms with van der Waals surface area (Å²) in [5.74, 6) is -0.108. The quantitative estimate of drug-likeness (QED) is 0.469. The molecule has 2 N–H and O–H groups in total. The highest BCUT2D eigenvalue weighted by Gasteiger charge is 2.31. The first-order valence-electron chi connectivity index (χ1n) is 10.7. The molecule has 4 rings (SSSR count). The van der Waals surface area contributed by atoms with Gasteiger partial charge in [0.15, 0.2) is 5.82 Å². The van der Waals surface area contributed by atoms with Crippen LogP contribution in [0.2, 0.25) is 5.02 Å². The molecule has 3 aromatic rings. The molecule has 0 fully saturated rings. The van der Waals surface area contributed by atoms with E-state index in [9.17, 15) is 27.9 Å². The molecule has 1 amide bonds. The van der Waals surface area contributed by atoms with Crippen molar-refractivity contribution in [2.75, 3.05) is 5.32 Å². The van der Waals surface area contributed by atoms with E-state index in [1.165, 1.54) is 4.57 Å². The van der Waals surface area contributed by atoms with E-state index in [2.05, 4.69) is 31.3 Å². The smallest absolute Gasteiger partial charge is 0.393 e. The number of anilines is 1. The zero-order valence-corrected chi connectivity index (χ0v) is 20.7. The van der Waals surface area contributed by atoms with Gasteiger partial charge < -0.3 is 15.0 Å². The first kappa shape index (κ1) is 25.4. The maximum absolute atomic E-state index is 12.9. The van der Waals surface area contributed by atoms with Crippen molar-refractivity contribution < 1.29 is 23.1 Å². The summed E-state index contributed by atoms with van der Waals surface area (Å²) in [4.78, 5) is 30.2. The highest BCUT2D eigenvalue weighted by atomic mass is 79.9. The number of carbonyl (C=O) groups is 1. The Labute approximate surface area is 210 Å². The number of benzene rings is 1. The highest BCUT2D eigenvalue weighted by Crippen LogP contribution is 2.34. The van der Waals surface area contributed by atoms with E-state index in [0.29, 0.717) is 37.2 Å². The summed E-state index contributed by atoms with van der Waals surface area (Å²) >= 11 is 9.25. The van der Waals surface area contributed by atoms with Crippen molar-refractivity contribution in [1.29, 1.82) is 0 Å². The second-order valence-corrected chi connectivity index (χ2v) is 9.25. The normalized spacial score (nSPS) is 16.4. The fourth-order valence-electron chi connectivity index (χ4n) is 3.87. The molecule has 8 nitrogen and oxygen atoms in total. The van der Waals surface area contributed by atoms with E-state index in [4.69, 9.17) is 11.6 Å². The number of fused-ring (bicyclic) bond motifs is 1. The lowest BCUT2D eigenvalue weighted by atomic mass is 9.97. The van der Waals surface area contributed by atoms with Crippen LogP contribution in [0.3, 0.4) is 0 Å². The van der Waals surface area contributed by atoms with Crippen LogP contribution in [0.1, 0.15) is 43.3 Å². The van der Waals surface area contributed by atoms with E-state index >= 15 is 0 Å². The molecule has 0 spiro atoms. The zero-order valence-electron chi connectivity index (χ0n) is 18.4. The van der Waals surface area contributed by atoms with Crippen molar-refractivity contribution in [3.05, 3.63) is 61.2 Å². The molecule has 0 saturated carbocycles. The molecule has 35 heavy (non-hydrogen) atoms. The number of nitrogens with zero attached hydrogens (tertiary/aromatic N) is 4. The zero-order chi connectivity index (χ0) is 25.5. The van der Waals surface area contributed by atoms with Crippen molar-refractivity contribution in [2.24, 2.45) is 0 Å². The van der Waals surface area contributed by atoms with E-state index < -0.39 is 29.3 Å². The van der Waals surface area contributed by atoms with E-state index in [1.807, 2.05) is 6.08 Å². The van der Waals surface area contributed by atoms with E-state index in [0.717, 1.165) is 28.3 Å². The Morgan fingerprint density at radius 1 is 1.37 bits per heavy atom. The topological polar surface area (TPSA) is 102 Å². The van der Waals surface area contributed by atoms with E-state index in [1.54, 1.807) is 6.92 Å². The molecular weight excluding hydrogens is 555 g/mol. The molecule has 0 radical (unpaired) electrons. The van der Waals surface area contributed by atoms with E-state index in [-0.39, 0.29) is 27.5 Å². The Hall–Kier alpha value is -2.70. The summed E-state index contributed by atoms with van der Waals surface area (Å²) in [7, 11) is 0. The summed E-state index contributed by atoms with van der Waals surface area (Å²) < 4.78 is 41.5. The Morgan fingerprint density at radius 2 is 2.11 bits per heavy atom. The highest BCUT2D eigenvalue weighted by molar-refractivity contribution is 9.10. The van der Waals surface area contributed by atoms with Gasteiger partial charge in [0.2, 0.25) is 11.7 Å². The van der Waals surface area contributed by atoms with Crippen LogP contribution in [-0.2, 0) is 23.9 Å². The average Bonchev–Trinajstić information content (AvgIpc) is 3.24. The number of aliphatic hydroxyl groups excluding tert-OH is 1. The van der Waals surface area contributed by atoms with Gasteiger partial charge in [0.1, 0.15) is 11.0 Å². The first-order chi connectivity index (χ1) is 16.5. The number of rotatable bonds is 5. The lowest BCUT2D eigenvalue weighted by Crippen LogP contribution is -2.28. The lowest BCUT2D eigenvalue weighted by Gasteiger charge is -2.16. The van der Waals surface area contributed by atoms with Crippen molar-refractivity contribution in [3.8, 4) is 0 Å². The van der Waals surface area contributed by atoms with Crippen LogP contribution >= 0.6 is 27.5 Å². The van der Waals surface area contributed by atoms with Crippen LogP contribution in [0.5, 0.6) is 0 Å². The van der Waals surface area contributed by atoms with Gasteiger partial charge in [-0.1, -0.05) is 24.6 Å². The largest absolute Gasteiger partial charge is 0.416 e. The Morgan fingerprint density at radius 3 is 2.71 bits per heavy atom. The van der Waals surface area contributed by atoms with Gasteiger partial charge in [0, 0.05) is 5.69 Å². The summed E-state index contributed by atoms with van der Waals surface area (Å²) in [5.41, 5.74) is -0.0509. The van der Waals surface area contributed by atoms with Crippen molar-refractivity contribution in [2.45, 2.75) is 51.4 Å². The summed E-state index contributed by atoms with van der Waals surface area (Å²) in [6, 6.07) is 2.65. The van der Waals surface area contributed by atoms with Crippen LogP contribution in [-0.4, -0.2) is 36.3 Å². The van der Waals surface area contributed by atoms with Gasteiger partial charge in [-0.2, -0.15) is 22.7 Å². The van der Waals surface area contributed by atoms with Crippen molar-refractivity contribution in [3.63, 3.8) is 0 Å². The van der Waals surface area contributed by atoms with Crippen LogP contribution in [0.4, 0.5) is 18.9 Å². The number of hydrogen-bond donors (Lipinski definition) is 2. The number of aromatic nitrogens is 4. The van der Waals surface area contributed by atoms with Crippen molar-refractivity contribution in [1.82, 2.24) is 19.2 Å². The Bertz CT molecular complexity index is 1400.